The van der Waals surface area contributed by atoms with Gasteiger partial charge in [0, 0.05) is 12.7 Å². The number of nitrogens with zero attached hydrogens (tertiary/aromatic N) is 2. The summed E-state index contributed by atoms with van der Waals surface area (Å²) in [6.45, 7) is 0. The number of benzene rings is 1. The molecule has 0 saturated heterocycles. The van der Waals surface area contributed by atoms with Gasteiger partial charge in [0.25, 0.3) is 0 Å². The van der Waals surface area contributed by atoms with E-state index >= 15 is 0 Å². The number of methoxy groups -OCH3 is 1. The Labute approximate surface area is 87.9 Å². The second-order valence-corrected chi connectivity index (χ2v) is 2.82. The Balaban J connectivity index is 2.66. The summed E-state index contributed by atoms with van der Waals surface area (Å²) in [6.07, 6.45) is 1.70. The molecule has 1 N–H and O–H groups in total. The topological polar surface area (TPSA) is 65.4 Å². The van der Waals surface area contributed by atoms with Gasteiger partial charge in [-0.2, -0.15) is 5.26 Å². The maximum absolute atomic E-state index is 11.3. The van der Waals surface area contributed by atoms with Crippen molar-refractivity contribution in [3.63, 3.8) is 0 Å². The lowest BCUT2D eigenvalue weighted by molar-refractivity contribution is 0.237. The molecule has 0 aliphatic rings. The highest BCUT2D eigenvalue weighted by molar-refractivity contribution is 5.90. The second kappa shape index (κ2) is 4.86. The SMILES string of the molecule is COc1ccc(NC(=O)N(C)C#N)cc1. The minimum atomic E-state index is -0.470. The lowest BCUT2D eigenvalue weighted by Crippen LogP contribution is -2.26. The van der Waals surface area contributed by atoms with E-state index in [1.54, 1.807) is 37.6 Å². The van der Waals surface area contributed by atoms with Gasteiger partial charge in [-0.15, -0.1) is 0 Å². The summed E-state index contributed by atoms with van der Waals surface area (Å²) in [6, 6.07) is 6.37. The molecule has 0 aliphatic carbocycles. The monoisotopic (exact) mass is 205 g/mol. The van der Waals surface area contributed by atoms with Gasteiger partial charge in [0.2, 0.25) is 0 Å². The van der Waals surface area contributed by atoms with Crippen LogP contribution in [0.2, 0.25) is 0 Å². The van der Waals surface area contributed by atoms with E-state index in [0.29, 0.717) is 11.4 Å². The Bertz CT molecular complexity index is 381. The maximum atomic E-state index is 11.3. The van der Waals surface area contributed by atoms with Crippen molar-refractivity contribution in [2.75, 3.05) is 19.5 Å². The normalized spacial score (nSPS) is 8.87. The number of ether oxygens (including phenoxy) is 1. The summed E-state index contributed by atoms with van der Waals surface area (Å²) < 4.78 is 4.97. The number of amides is 2. The van der Waals surface area contributed by atoms with Crippen LogP contribution in [0.5, 0.6) is 5.75 Å². The van der Waals surface area contributed by atoms with E-state index in [4.69, 9.17) is 10.00 Å². The molecule has 0 aromatic heterocycles. The van der Waals surface area contributed by atoms with Gasteiger partial charge in [0.1, 0.15) is 5.75 Å². The van der Waals surface area contributed by atoms with Gasteiger partial charge in [0.15, 0.2) is 6.19 Å². The first kappa shape index (κ1) is 10.9. The Morgan fingerprint density at radius 3 is 2.53 bits per heavy atom. The van der Waals surface area contributed by atoms with Crippen LogP contribution in [-0.2, 0) is 0 Å². The summed E-state index contributed by atoms with van der Waals surface area (Å²) in [7, 11) is 2.95. The Morgan fingerprint density at radius 1 is 1.47 bits per heavy atom. The zero-order valence-electron chi connectivity index (χ0n) is 8.52. The van der Waals surface area contributed by atoms with Crippen molar-refractivity contribution in [2.24, 2.45) is 0 Å². The number of hydrogen-bond acceptors (Lipinski definition) is 3. The molecule has 0 spiro atoms. The fourth-order valence-electron chi connectivity index (χ4n) is 0.927. The zero-order valence-corrected chi connectivity index (χ0v) is 8.52. The molecule has 1 rings (SSSR count). The van der Waals surface area contributed by atoms with Gasteiger partial charge < -0.3 is 10.1 Å². The van der Waals surface area contributed by atoms with Gasteiger partial charge in [-0.1, -0.05) is 0 Å². The molecule has 0 atom stereocenters. The molecular formula is C10H11N3O2. The van der Waals surface area contributed by atoms with E-state index in [2.05, 4.69) is 5.32 Å². The molecule has 5 heteroatoms. The third-order valence-electron chi connectivity index (χ3n) is 1.80. The molecule has 0 fully saturated rings. The van der Waals surface area contributed by atoms with Crippen molar-refractivity contribution in [3.05, 3.63) is 24.3 Å². The standard InChI is InChI=1S/C10H11N3O2/c1-13(7-11)10(14)12-8-3-5-9(15-2)6-4-8/h3-6H,1-2H3,(H,12,14). The Hall–Kier alpha value is -2.22. The predicted molar refractivity (Wildman–Crippen MR) is 55.4 cm³/mol. The fraction of sp³-hybridized carbons (Fsp3) is 0.200. The highest BCUT2D eigenvalue weighted by Crippen LogP contribution is 2.15. The molecule has 78 valence electrons. The molecule has 0 radical (unpaired) electrons. The van der Waals surface area contributed by atoms with Crippen molar-refractivity contribution < 1.29 is 9.53 Å². The van der Waals surface area contributed by atoms with Gasteiger partial charge in [0.05, 0.1) is 7.11 Å². The molecular weight excluding hydrogens is 194 g/mol. The lowest BCUT2D eigenvalue weighted by Gasteiger charge is -2.09. The molecule has 2 amide bonds. The minimum absolute atomic E-state index is 0.470. The zero-order chi connectivity index (χ0) is 11.3. The van der Waals surface area contributed by atoms with Crippen LogP contribution in [-0.4, -0.2) is 25.1 Å². The van der Waals surface area contributed by atoms with Crippen LogP contribution in [0, 0.1) is 11.5 Å². The summed E-state index contributed by atoms with van der Waals surface area (Å²) in [4.78, 5) is 12.2. The fourth-order valence-corrected chi connectivity index (χ4v) is 0.927. The number of nitriles is 1. The van der Waals surface area contributed by atoms with Crippen molar-refractivity contribution in [3.8, 4) is 11.9 Å². The molecule has 0 bridgehead atoms. The maximum Gasteiger partial charge on any atom is 0.334 e. The quantitative estimate of drug-likeness (QED) is 0.589. The number of nitrogens with one attached hydrogen (secondary N) is 1. The molecule has 0 unspecified atom stereocenters. The third kappa shape index (κ3) is 2.88. The number of urea groups is 1. The number of carbonyl (C=O) groups is 1. The lowest BCUT2D eigenvalue weighted by atomic mass is 10.3. The smallest absolute Gasteiger partial charge is 0.334 e. The molecule has 0 saturated carbocycles. The first-order valence-electron chi connectivity index (χ1n) is 4.26. The molecule has 0 heterocycles. The minimum Gasteiger partial charge on any atom is -0.497 e. The van der Waals surface area contributed by atoms with Crippen LogP contribution < -0.4 is 10.1 Å². The molecule has 5 nitrogen and oxygen atoms in total. The van der Waals surface area contributed by atoms with Crippen molar-refractivity contribution >= 4 is 11.7 Å². The Morgan fingerprint density at radius 2 is 2.07 bits per heavy atom. The van der Waals surface area contributed by atoms with Crippen LogP contribution in [0.15, 0.2) is 24.3 Å². The average Bonchev–Trinajstić information content (AvgIpc) is 2.29. The first-order chi connectivity index (χ1) is 7.17. The van der Waals surface area contributed by atoms with E-state index in [-0.39, 0.29) is 0 Å². The number of carbonyl (C=O) groups excluding carboxylic acids is 1. The molecule has 0 aliphatic heterocycles. The predicted octanol–water partition coefficient (Wildman–Crippen LogP) is 1.64. The largest absolute Gasteiger partial charge is 0.497 e. The van der Waals surface area contributed by atoms with E-state index in [9.17, 15) is 4.79 Å². The van der Waals surface area contributed by atoms with Crippen molar-refractivity contribution in [1.82, 2.24) is 4.90 Å². The van der Waals surface area contributed by atoms with E-state index in [1.165, 1.54) is 7.05 Å². The summed E-state index contributed by atoms with van der Waals surface area (Å²) in [5.74, 6) is 0.710. The van der Waals surface area contributed by atoms with Crippen LogP contribution in [0.3, 0.4) is 0 Å². The number of rotatable bonds is 2. The number of hydrogen-bond donors (Lipinski definition) is 1. The van der Waals surface area contributed by atoms with E-state index in [1.807, 2.05) is 0 Å². The van der Waals surface area contributed by atoms with Crippen molar-refractivity contribution in [1.29, 1.82) is 5.26 Å². The van der Waals surface area contributed by atoms with Gasteiger partial charge in [-0.05, 0) is 24.3 Å². The second-order valence-electron chi connectivity index (χ2n) is 2.82. The van der Waals surface area contributed by atoms with Crippen LogP contribution in [0.25, 0.3) is 0 Å². The van der Waals surface area contributed by atoms with Crippen LogP contribution >= 0.6 is 0 Å². The summed E-state index contributed by atoms with van der Waals surface area (Å²) >= 11 is 0. The Kier molecular flexibility index (Phi) is 3.52. The van der Waals surface area contributed by atoms with Crippen molar-refractivity contribution in [2.45, 2.75) is 0 Å². The van der Waals surface area contributed by atoms with E-state index in [0.717, 1.165) is 4.90 Å². The van der Waals surface area contributed by atoms with Crippen LogP contribution in [0.1, 0.15) is 0 Å². The molecule has 15 heavy (non-hydrogen) atoms. The summed E-state index contributed by atoms with van der Waals surface area (Å²) in [5, 5.41) is 11.0. The van der Waals surface area contributed by atoms with Gasteiger partial charge >= 0.3 is 6.03 Å². The van der Waals surface area contributed by atoms with Crippen LogP contribution in [0.4, 0.5) is 10.5 Å². The van der Waals surface area contributed by atoms with Gasteiger partial charge in [-0.25, -0.2) is 9.69 Å². The third-order valence-corrected chi connectivity index (χ3v) is 1.80. The highest BCUT2D eigenvalue weighted by atomic mass is 16.5. The number of anilines is 1. The molecule has 1 aromatic carbocycles. The van der Waals surface area contributed by atoms with E-state index < -0.39 is 6.03 Å². The molecule has 1 aromatic rings. The highest BCUT2D eigenvalue weighted by Gasteiger charge is 2.06. The first-order valence-corrected chi connectivity index (χ1v) is 4.26. The van der Waals surface area contributed by atoms with Gasteiger partial charge in [-0.3, -0.25) is 0 Å². The average molecular weight is 205 g/mol. The summed E-state index contributed by atoms with van der Waals surface area (Å²) in [5.41, 5.74) is 0.614.